The van der Waals surface area contributed by atoms with E-state index in [-0.39, 0.29) is 16.9 Å². The molecule has 4 rings (SSSR count). The van der Waals surface area contributed by atoms with Crippen LogP contribution in [-0.4, -0.2) is 16.5 Å². The van der Waals surface area contributed by atoms with E-state index >= 15 is 0 Å². The van der Waals surface area contributed by atoms with E-state index in [9.17, 15) is 19.7 Å². The smallest absolute Gasteiger partial charge is 0.300 e. The normalized spacial score (nSPS) is 13.3. The summed E-state index contributed by atoms with van der Waals surface area (Å²) in [4.78, 5) is 35.2. The number of rotatable bonds is 3. The molecule has 0 unspecified atom stereocenters. The number of hydrogen-bond acceptors (Lipinski definition) is 5. The Morgan fingerprint density at radius 1 is 0.846 bits per heavy atom. The van der Waals surface area contributed by atoms with Crippen LogP contribution >= 0.6 is 0 Å². The zero-order valence-electron chi connectivity index (χ0n) is 13.4. The van der Waals surface area contributed by atoms with Crippen molar-refractivity contribution in [1.29, 1.82) is 0 Å². The van der Waals surface area contributed by atoms with Crippen LogP contribution in [0.5, 0.6) is 0 Å². The average Bonchev–Trinajstić information content (AvgIpc) is 2.65. The molecule has 3 aromatic carbocycles. The number of ketones is 2. The van der Waals surface area contributed by atoms with Crippen LogP contribution in [0.4, 0.5) is 11.4 Å². The molecule has 1 aliphatic rings. The summed E-state index contributed by atoms with van der Waals surface area (Å²) >= 11 is 0. The molecule has 0 fully saturated rings. The van der Waals surface area contributed by atoms with Crippen LogP contribution in [0.1, 0.15) is 15.9 Å². The highest BCUT2D eigenvalue weighted by Crippen LogP contribution is 2.36. The first-order valence-electron chi connectivity index (χ1n) is 7.89. The monoisotopic (exact) mass is 344 g/mol. The van der Waals surface area contributed by atoms with E-state index in [1.807, 2.05) is 6.07 Å². The van der Waals surface area contributed by atoms with Gasteiger partial charge in [-0.1, -0.05) is 48.5 Å². The quantitative estimate of drug-likeness (QED) is 0.441. The number of anilines is 1. The van der Waals surface area contributed by atoms with Gasteiger partial charge in [0.1, 0.15) is 5.69 Å². The van der Waals surface area contributed by atoms with Crippen molar-refractivity contribution in [2.75, 3.05) is 5.32 Å². The summed E-state index contributed by atoms with van der Waals surface area (Å²) in [5.74, 6) is -1.24. The van der Waals surface area contributed by atoms with Gasteiger partial charge in [0.15, 0.2) is 0 Å². The summed E-state index contributed by atoms with van der Waals surface area (Å²) in [6.45, 7) is 0. The first-order valence-corrected chi connectivity index (χ1v) is 7.89. The van der Waals surface area contributed by atoms with E-state index in [0.717, 1.165) is 5.39 Å². The predicted molar refractivity (Wildman–Crippen MR) is 98.0 cm³/mol. The fourth-order valence-corrected chi connectivity index (χ4v) is 3.12. The van der Waals surface area contributed by atoms with Crippen LogP contribution in [0.25, 0.3) is 16.5 Å². The Hall–Kier alpha value is -3.80. The number of benzene rings is 3. The van der Waals surface area contributed by atoms with Crippen molar-refractivity contribution in [2.24, 2.45) is 0 Å². The molecule has 0 heterocycles. The molecule has 0 saturated heterocycles. The second-order valence-corrected chi connectivity index (χ2v) is 5.86. The molecule has 1 aliphatic carbocycles. The van der Waals surface area contributed by atoms with E-state index in [2.05, 4.69) is 5.32 Å². The SMILES string of the molecule is O=C1C=C(Nc2ccc3ccccc3c2[N+](=O)[O-])c2ccccc2C1=O. The molecule has 126 valence electrons. The number of carbonyl (C=O) groups is 2. The lowest BCUT2D eigenvalue weighted by atomic mass is 9.92. The fraction of sp³-hybridized carbons (Fsp3) is 0. The van der Waals surface area contributed by atoms with Gasteiger partial charge in [-0.05, 0) is 17.5 Å². The Kier molecular flexibility index (Phi) is 3.58. The van der Waals surface area contributed by atoms with E-state index in [4.69, 9.17) is 0 Å². The standard InChI is InChI=1S/C20H12N2O4/c23-18-11-17(14-7-3-4-8-15(14)20(18)24)21-16-10-9-12-5-1-2-6-13(12)19(16)22(25)26/h1-11,21H. The zero-order chi connectivity index (χ0) is 18.3. The first-order chi connectivity index (χ1) is 12.6. The molecule has 1 N–H and O–H groups in total. The van der Waals surface area contributed by atoms with E-state index in [0.29, 0.717) is 16.6 Å². The maximum Gasteiger partial charge on any atom is 0.300 e. The highest BCUT2D eigenvalue weighted by atomic mass is 16.6. The molecular weight excluding hydrogens is 332 g/mol. The third kappa shape index (κ3) is 2.44. The lowest BCUT2D eigenvalue weighted by Gasteiger charge is -2.18. The molecule has 0 atom stereocenters. The topological polar surface area (TPSA) is 89.3 Å². The molecule has 6 nitrogen and oxygen atoms in total. The van der Waals surface area contributed by atoms with Crippen molar-refractivity contribution in [2.45, 2.75) is 0 Å². The lowest BCUT2D eigenvalue weighted by molar-refractivity contribution is -0.382. The highest BCUT2D eigenvalue weighted by molar-refractivity contribution is 6.50. The van der Waals surface area contributed by atoms with Gasteiger partial charge in [-0.3, -0.25) is 19.7 Å². The Labute approximate surface area is 147 Å². The number of Topliss-reactive ketones (excluding diaryl/α,β-unsaturated/α-hetero) is 1. The Bertz CT molecular complexity index is 1130. The Balaban J connectivity index is 1.87. The van der Waals surface area contributed by atoms with Crippen LogP contribution < -0.4 is 5.32 Å². The van der Waals surface area contributed by atoms with Gasteiger partial charge in [-0.15, -0.1) is 0 Å². The van der Waals surface area contributed by atoms with Gasteiger partial charge in [0.25, 0.3) is 5.69 Å². The number of nitro benzene ring substituents is 1. The van der Waals surface area contributed by atoms with Crippen molar-refractivity contribution in [1.82, 2.24) is 0 Å². The second kappa shape index (κ2) is 5.93. The van der Waals surface area contributed by atoms with Crippen LogP contribution in [-0.2, 0) is 4.79 Å². The molecule has 0 aliphatic heterocycles. The molecule has 3 aromatic rings. The summed E-state index contributed by atoms with van der Waals surface area (Å²) in [7, 11) is 0. The van der Waals surface area contributed by atoms with Gasteiger partial charge >= 0.3 is 0 Å². The molecule has 0 saturated carbocycles. The average molecular weight is 344 g/mol. The summed E-state index contributed by atoms with van der Waals surface area (Å²) < 4.78 is 0. The van der Waals surface area contributed by atoms with Gasteiger partial charge in [-0.25, -0.2) is 0 Å². The van der Waals surface area contributed by atoms with Crippen molar-refractivity contribution in [3.05, 3.63) is 88.0 Å². The van der Waals surface area contributed by atoms with Gasteiger partial charge in [0.05, 0.1) is 16.0 Å². The molecule has 0 amide bonds. The number of nitrogens with zero attached hydrogens (tertiary/aromatic N) is 1. The fourth-order valence-electron chi connectivity index (χ4n) is 3.12. The van der Waals surface area contributed by atoms with Crippen LogP contribution in [0.15, 0.2) is 66.7 Å². The number of nitro groups is 1. The van der Waals surface area contributed by atoms with Crippen molar-refractivity contribution >= 4 is 39.4 Å². The first kappa shape index (κ1) is 15.7. The maximum absolute atomic E-state index is 12.0. The van der Waals surface area contributed by atoms with Crippen molar-refractivity contribution in [3.8, 4) is 0 Å². The van der Waals surface area contributed by atoms with Gasteiger partial charge in [-0.2, -0.15) is 0 Å². The van der Waals surface area contributed by atoms with Gasteiger partial charge < -0.3 is 5.32 Å². The van der Waals surface area contributed by atoms with Gasteiger partial charge in [0, 0.05) is 17.2 Å². The molecule has 26 heavy (non-hydrogen) atoms. The number of allylic oxidation sites excluding steroid dienone is 1. The van der Waals surface area contributed by atoms with E-state index in [1.54, 1.807) is 54.6 Å². The zero-order valence-corrected chi connectivity index (χ0v) is 13.4. The van der Waals surface area contributed by atoms with Crippen molar-refractivity contribution < 1.29 is 14.5 Å². The lowest BCUT2D eigenvalue weighted by Crippen LogP contribution is -2.21. The molecular formula is C20H12N2O4. The Morgan fingerprint density at radius 2 is 1.54 bits per heavy atom. The highest BCUT2D eigenvalue weighted by Gasteiger charge is 2.27. The van der Waals surface area contributed by atoms with E-state index < -0.39 is 16.5 Å². The third-order valence-electron chi connectivity index (χ3n) is 4.31. The maximum atomic E-state index is 12.0. The minimum atomic E-state index is -0.658. The minimum Gasteiger partial charge on any atom is -0.349 e. The second-order valence-electron chi connectivity index (χ2n) is 5.86. The summed E-state index contributed by atoms with van der Waals surface area (Å²) in [5.41, 5.74) is 1.37. The predicted octanol–water partition coefficient (Wildman–Crippen LogP) is 3.97. The van der Waals surface area contributed by atoms with Crippen molar-refractivity contribution in [3.63, 3.8) is 0 Å². The summed E-state index contributed by atoms with van der Waals surface area (Å²) in [5, 5.41) is 15.9. The number of hydrogen-bond donors (Lipinski definition) is 1. The molecule has 0 radical (unpaired) electrons. The molecule has 0 aromatic heterocycles. The number of carbonyl (C=O) groups excluding carboxylic acids is 2. The number of nitrogens with one attached hydrogen (secondary N) is 1. The summed E-state index contributed by atoms with van der Waals surface area (Å²) in [6.07, 6.45) is 1.18. The Morgan fingerprint density at radius 3 is 2.31 bits per heavy atom. The molecule has 6 heteroatoms. The van der Waals surface area contributed by atoms with Gasteiger partial charge in [0.2, 0.25) is 11.6 Å². The number of fused-ring (bicyclic) bond motifs is 2. The largest absolute Gasteiger partial charge is 0.349 e. The molecule has 0 spiro atoms. The van der Waals surface area contributed by atoms with Crippen LogP contribution in [0.2, 0.25) is 0 Å². The molecule has 0 bridgehead atoms. The van der Waals surface area contributed by atoms with Crippen LogP contribution in [0, 0.1) is 10.1 Å². The minimum absolute atomic E-state index is 0.0779. The summed E-state index contributed by atoms with van der Waals surface area (Å²) in [6, 6.07) is 17.1. The van der Waals surface area contributed by atoms with Crippen LogP contribution in [0.3, 0.4) is 0 Å². The van der Waals surface area contributed by atoms with E-state index in [1.165, 1.54) is 6.08 Å². The third-order valence-corrected chi connectivity index (χ3v) is 4.31.